The lowest BCUT2D eigenvalue weighted by molar-refractivity contribution is -0.115. The molecule has 3 aromatic carbocycles. The van der Waals surface area contributed by atoms with Crippen molar-refractivity contribution in [2.75, 3.05) is 5.32 Å². The maximum atomic E-state index is 14.0. The van der Waals surface area contributed by atoms with Crippen molar-refractivity contribution in [1.82, 2.24) is 9.97 Å². The largest absolute Gasteiger partial charge is 0.347 e. The quantitative estimate of drug-likeness (QED) is 0.394. The van der Waals surface area contributed by atoms with Gasteiger partial charge in [-0.1, -0.05) is 54.6 Å². The number of benzene rings is 3. The molecule has 7 heteroatoms. The van der Waals surface area contributed by atoms with Crippen molar-refractivity contribution < 1.29 is 9.18 Å². The second-order valence-electron chi connectivity index (χ2n) is 7.66. The molecule has 33 heavy (non-hydrogen) atoms. The summed E-state index contributed by atoms with van der Waals surface area (Å²) in [6.45, 7) is 0. The highest BCUT2D eigenvalue weighted by Crippen LogP contribution is 2.24. The van der Waals surface area contributed by atoms with Crippen molar-refractivity contribution in [2.45, 2.75) is 18.9 Å². The van der Waals surface area contributed by atoms with Crippen LogP contribution in [0.5, 0.6) is 0 Å². The fourth-order valence-electron chi connectivity index (χ4n) is 3.57. The van der Waals surface area contributed by atoms with E-state index in [1.165, 1.54) is 12.1 Å². The summed E-state index contributed by atoms with van der Waals surface area (Å²) in [6.07, 6.45) is 2.38. The van der Waals surface area contributed by atoms with E-state index in [2.05, 4.69) is 15.3 Å². The number of rotatable bonds is 7. The number of carbonyl (C=O) groups excluding carboxylic acids is 1. The molecule has 1 aromatic heterocycles. The summed E-state index contributed by atoms with van der Waals surface area (Å²) in [5, 5.41) is 11.9. The molecular formula is C26H22FN5O. The number of nitriles is 1. The lowest BCUT2D eigenvalue weighted by Gasteiger charge is -2.14. The van der Waals surface area contributed by atoms with Crippen LogP contribution < -0.4 is 11.1 Å². The summed E-state index contributed by atoms with van der Waals surface area (Å²) in [4.78, 5) is 20.1. The van der Waals surface area contributed by atoms with Crippen LogP contribution in [-0.4, -0.2) is 15.9 Å². The zero-order chi connectivity index (χ0) is 23.2. The van der Waals surface area contributed by atoms with E-state index >= 15 is 0 Å². The van der Waals surface area contributed by atoms with Crippen LogP contribution in [0.2, 0.25) is 0 Å². The van der Waals surface area contributed by atoms with E-state index in [0.29, 0.717) is 29.2 Å². The van der Waals surface area contributed by atoms with Gasteiger partial charge in [0.15, 0.2) is 0 Å². The number of hydrogen-bond acceptors (Lipinski definition) is 4. The van der Waals surface area contributed by atoms with E-state index < -0.39 is 11.9 Å². The second-order valence-corrected chi connectivity index (χ2v) is 7.66. The van der Waals surface area contributed by atoms with Crippen molar-refractivity contribution in [3.05, 3.63) is 107 Å². The van der Waals surface area contributed by atoms with Crippen LogP contribution in [0.15, 0.2) is 79.0 Å². The average molecular weight is 439 g/mol. The minimum Gasteiger partial charge on any atom is -0.347 e. The SMILES string of the molecule is N#Cc1ccc(-c2c[nH]c([C@@H](N)Cc3ccccc3NC(=O)Cc3ccccc3)n2)cc1F. The molecule has 6 nitrogen and oxygen atoms in total. The maximum Gasteiger partial charge on any atom is 0.228 e. The molecule has 0 spiro atoms. The molecule has 0 saturated carbocycles. The molecule has 0 aliphatic carbocycles. The van der Waals surface area contributed by atoms with Gasteiger partial charge in [-0.2, -0.15) is 5.26 Å². The Labute approximate surface area is 190 Å². The number of anilines is 1. The number of H-pyrrole nitrogens is 1. The van der Waals surface area contributed by atoms with Crippen LogP contribution >= 0.6 is 0 Å². The molecular weight excluding hydrogens is 417 g/mol. The van der Waals surface area contributed by atoms with Gasteiger partial charge in [0.05, 0.1) is 23.7 Å². The third-order valence-corrected chi connectivity index (χ3v) is 5.27. The summed E-state index contributed by atoms with van der Waals surface area (Å²) >= 11 is 0. The third kappa shape index (κ3) is 5.32. The van der Waals surface area contributed by atoms with Crippen molar-refractivity contribution in [3.63, 3.8) is 0 Å². The number of amides is 1. The predicted octanol–water partition coefficient (Wildman–Crippen LogP) is 4.51. The first-order valence-corrected chi connectivity index (χ1v) is 10.5. The molecule has 1 amide bonds. The van der Waals surface area contributed by atoms with E-state index in [-0.39, 0.29) is 17.9 Å². The Bertz CT molecular complexity index is 1310. The zero-order valence-electron chi connectivity index (χ0n) is 17.8. The Kier molecular flexibility index (Phi) is 6.58. The van der Waals surface area contributed by atoms with Gasteiger partial charge < -0.3 is 16.0 Å². The Morgan fingerprint density at radius 2 is 1.88 bits per heavy atom. The normalized spacial score (nSPS) is 11.5. The highest BCUT2D eigenvalue weighted by molar-refractivity contribution is 5.93. The van der Waals surface area contributed by atoms with Crippen LogP contribution in [0.1, 0.15) is 28.6 Å². The van der Waals surface area contributed by atoms with Gasteiger partial charge in [0.25, 0.3) is 0 Å². The Balaban J connectivity index is 1.46. The first-order valence-electron chi connectivity index (χ1n) is 10.5. The van der Waals surface area contributed by atoms with Crippen molar-refractivity contribution >= 4 is 11.6 Å². The summed E-state index contributed by atoms with van der Waals surface area (Å²) < 4.78 is 14.0. The van der Waals surface area contributed by atoms with Gasteiger partial charge in [-0.25, -0.2) is 9.37 Å². The second kappa shape index (κ2) is 9.90. The maximum absolute atomic E-state index is 14.0. The number of aromatic nitrogens is 2. The fourth-order valence-corrected chi connectivity index (χ4v) is 3.57. The molecule has 4 N–H and O–H groups in total. The summed E-state index contributed by atoms with van der Waals surface area (Å²) in [5.41, 5.74) is 9.99. The number of para-hydroxylation sites is 1. The number of hydrogen-bond donors (Lipinski definition) is 3. The molecule has 0 saturated heterocycles. The van der Waals surface area contributed by atoms with E-state index in [0.717, 1.165) is 11.1 Å². The number of nitrogens with two attached hydrogens (primary N) is 1. The van der Waals surface area contributed by atoms with E-state index in [9.17, 15) is 9.18 Å². The molecule has 0 aliphatic heterocycles. The number of halogens is 1. The van der Waals surface area contributed by atoms with Gasteiger partial charge in [-0.05, 0) is 35.7 Å². The minimum absolute atomic E-state index is 0.0165. The Hall–Kier alpha value is -4.28. The van der Waals surface area contributed by atoms with Gasteiger partial charge >= 0.3 is 0 Å². The monoisotopic (exact) mass is 439 g/mol. The Morgan fingerprint density at radius 1 is 1.12 bits per heavy atom. The molecule has 0 bridgehead atoms. The number of nitrogens with zero attached hydrogens (tertiary/aromatic N) is 2. The average Bonchev–Trinajstić information content (AvgIpc) is 3.31. The summed E-state index contributed by atoms with van der Waals surface area (Å²) in [5.74, 6) is -0.158. The summed E-state index contributed by atoms with van der Waals surface area (Å²) in [6, 6.07) is 22.7. The van der Waals surface area contributed by atoms with Gasteiger partial charge in [0.1, 0.15) is 17.7 Å². The third-order valence-electron chi connectivity index (χ3n) is 5.27. The van der Waals surface area contributed by atoms with Crippen LogP contribution in [0, 0.1) is 17.1 Å². The first kappa shape index (κ1) is 21.9. The number of aromatic amines is 1. The van der Waals surface area contributed by atoms with E-state index in [1.54, 1.807) is 18.3 Å². The summed E-state index contributed by atoms with van der Waals surface area (Å²) in [7, 11) is 0. The highest BCUT2D eigenvalue weighted by atomic mass is 19.1. The molecule has 0 aliphatic rings. The van der Waals surface area contributed by atoms with Crippen molar-refractivity contribution in [1.29, 1.82) is 5.26 Å². The van der Waals surface area contributed by atoms with Gasteiger partial charge in [-0.15, -0.1) is 0 Å². The topological polar surface area (TPSA) is 108 Å². The first-order chi connectivity index (χ1) is 16.0. The molecule has 4 rings (SSSR count). The van der Waals surface area contributed by atoms with Crippen LogP contribution in [0.3, 0.4) is 0 Å². The number of carbonyl (C=O) groups is 1. The van der Waals surface area contributed by atoms with Crippen LogP contribution in [-0.2, 0) is 17.6 Å². The molecule has 1 heterocycles. The zero-order valence-corrected chi connectivity index (χ0v) is 17.8. The van der Waals surface area contributed by atoms with Crippen molar-refractivity contribution in [2.24, 2.45) is 5.73 Å². The van der Waals surface area contributed by atoms with Gasteiger partial charge in [0.2, 0.25) is 5.91 Å². The molecule has 0 unspecified atom stereocenters. The standard InChI is InChI=1S/C26H22FN5O/c27-21-13-19(10-11-20(21)15-28)24-16-30-26(32-24)22(29)14-18-8-4-5-9-23(18)31-25(33)12-17-6-2-1-3-7-17/h1-11,13,16,22H,12,14,29H2,(H,30,32)(H,31,33)/t22-/m0/s1. The molecule has 1 atom stereocenters. The molecule has 164 valence electrons. The molecule has 4 aromatic rings. The number of nitrogens with one attached hydrogen (secondary N) is 2. The molecule has 0 fully saturated rings. The van der Waals surface area contributed by atoms with Crippen LogP contribution in [0.25, 0.3) is 11.3 Å². The lowest BCUT2D eigenvalue weighted by Crippen LogP contribution is -2.19. The van der Waals surface area contributed by atoms with E-state index in [4.69, 9.17) is 11.0 Å². The number of imidazole rings is 1. The predicted molar refractivity (Wildman–Crippen MR) is 125 cm³/mol. The van der Waals surface area contributed by atoms with E-state index in [1.807, 2.05) is 54.6 Å². The van der Waals surface area contributed by atoms with Crippen molar-refractivity contribution in [3.8, 4) is 17.3 Å². The Morgan fingerprint density at radius 3 is 2.64 bits per heavy atom. The minimum atomic E-state index is -0.593. The highest BCUT2D eigenvalue weighted by Gasteiger charge is 2.16. The fraction of sp³-hybridized carbons (Fsp3) is 0.115. The molecule has 0 radical (unpaired) electrons. The van der Waals surface area contributed by atoms with Crippen LogP contribution in [0.4, 0.5) is 10.1 Å². The van der Waals surface area contributed by atoms with Gasteiger partial charge in [-0.3, -0.25) is 4.79 Å². The van der Waals surface area contributed by atoms with Gasteiger partial charge in [0, 0.05) is 17.4 Å². The smallest absolute Gasteiger partial charge is 0.228 e. The lowest BCUT2D eigenvalue weighted by atomic mass is 10.0.